The van der Waals surface area contributed by atoms with Crippen molar-refractivity contribution in [3.8, 4) is 0 Å². The number of fused-ring (bicyclic) bond motifs is 1. The summed E-state index contributed by atoms with van der Waals surface area (Å²) < 4.78 is 43.7. The Balaban J connectivity index is 2.93. The maximum absolute atomic E-state index is 13.0. The van der Waals surface area contributed by atoms with Crippen molar-refractivity contribution in [1.29, 1.82) is 0 Å². The number of nitrogens with one attached hydrogen (secondary N) is 1. The predicted molar refractivity (Wildman–Crippen MR) is 64.1 cm³/mol. The Kier molecular flexibility index (Phi) is 3.04. The molecule has 0 radical (unpaired) electrons. The summed E-state index contributed by atoms with van der Waals surface area (Å²) in [6.07, 6.45) is -4.52. The van der Waals surface area contributed by atoms with Gasteiger partial charge in [0.1, 0.15) is 0 Å². The Morgan fingerprint density at radius 1 is 1.26 bits per heavy atom. The molecule has 0 aliphatic carbocycles. The highest BCUT2D eigenvalue weighted by Crippen LogP contribution is 2.38. The van der Waals surface area contributed by atoms with Crippen molar-refractivity contribution < 1.29 is 22.7 Å². The number of carbonyl (C=O) groups excluding carboxylic acids is 1. The molecule has 0 bridgehead atoms. The smallest absolute Gasteiger partial charge is 0.417 e. The van der Waals surface area contributed by atoms with E-state index in [1.54, 1.807) is 13.8 Å². The highest BCUT2D eigenvalue weighted by atomic mass is 19.4. The van der Waals surface area contributed by atoms with Crippen molar-refractivity contribution in [2.45, 2.75) is 20.0 Å². The lowest BCUT2D eigenvalue weighted by Crippen LogP contribution is -2.09. The summed E-state index contributed by atoms with van der Waals surface area (Å²) in [6, 6.07) is 2.36. The van der Waals surface area contributed by atoms with Crippen LogP contribution in [0.4, 0.5) is 13.2 Å². The van der Waals surface area contributed by atoms with E-state index in [0.29, 0.717) is 16.8 Å². The molecule has 0 atom stereocenters. The van der Waals surface area contributed by atoms with Gasteiger partial charge in [0.2, 0.25) is 0 Å². The molecule has 0 aliphatic rings. The molecule has 2 aromatic rings. The lowest BCUT2D eigenvalue weighted by molar-refractivity contribution is -0.136. The van der Waals surface area contributed by atoms with E-state index in [1.165, 1.54) is 6.07 Å². The number of ether oxygens (including phenoxy) is 1. The second kappa shape index (κ2) is 4.29. The third kappa shape index (κ3) is 2.07. The molecule has 3 nitrogen and oxygen atoms in total. The molecular formula is C13H12F3NO2. The molecule has 102 valence electrons. The van der Waals surface area contributed by atoms with Gasteiger partial charge in [0.25, 0.3) is 0 Å². The van der Waals surface area contributed by atoms with Crippen LogP contribution in [0.1, 0.15) is 27.2 Å². The Morgan fingerprint density at radius 2 is 1.89 bits per heavy atom. The van der Waals surface area contributed by atoms with E-state index in [1.807, 2.05) is 0 Å². The van der Waals surface area contributed by atoms with Gasteiger partial charge >= 0.3 is 12.1 Å². The summed E-state index contributed by atoms with van der Waals surface area (Å²) in [5.74, 6) is -0.778. The first kappa shape index (κ1) is 13.5. The predicted octanol–water partition coefficient (Wildman–Crippen LogP) is 3.59. The normalized spacial score (nSPS) is 11.9. The van der Waals surface area contributed by atoms with Crippen molar-refractivity contribution in [2.24, 2.45) is 0 Å². The van der Waals surface area contributed by atoms with E-state index in [-0.39, 0.29) is 10.9 Å². The average Bonchev–Trinajstić information content (AvgIpc) is 2.65. The molecular weight excluding hydrogens is 259 g/mol. The molecule has 1 heterocycles. The van der Waals surface area contributed by atoms with E-state index in [4.69, 9.17) is 0 Å². The maximum Gasteiger partial charge on any atom is 0.417 e. The third-order valence-corrected chi connectivity index (χ3v) is 3.05. The van der Waals surface area contributed by atoms with Crippen LogP contribution in [0, 0.1) is 13.8 Å². The Hall–Kier alpha value is -1.98. The Labute approximate surface area is 107 Å². The van der Waals surface area contributed by atoms with Gasteiger partial charge in [0.05, 0.1) is 23.8 Å². The zero-order valence-corrected chi connectivity index (χ0v) is 10.6. The van der Waals surface area contributed by atoms with Gasteiger partial charge < -0.3 is 9.72 Å². The molecule has 0 unspecified atom stereocenters. The van der Waals surface area contributed by atoms with Crippen LogP contribution >= 0.6 is 0 Å². The van der Waals surface area contributed by atoms with Gasteiger partial charge in [-0.15, -0.1) is 0 Å². The van der Waals surface area contributed by atoms with Gasteiger partial charge in [-0.3, -0.25) is 0 Å². The standard InChI is InChI=1S/C13H12F3NO2/c1-6-4-5-8(13(14,15)16)10-9(12(18)19-3)7(2)17-11(6)10/h4-5,17H,1-3H3. The molecule has 2 rings (SSSR count). The number of benzene rings is 1. The van der Waals surface area contributed by atoms with Crippen molar-refractivity contribution in [3.05, 3.63) is 34.5 Å². The topological polar surface area (TPSA) is 42.1 Å². The van der Waals surface area contributed by atoms with Crippen LogP contribution in [-0.2, 0) is 10.9 Å². The van der Waals surface area contributed by atoms with Gasteiger partial charge in [-0.2, -0.15) is 13.2 Å². The number of hydrogen-bond donors (Lipinski definition) is 1. The molecule has 1 aromatic carbocycles. The first-order chi connectivity index (χ1) is 8.77. The van der Waals surface area contributed by atoms with E-state index < -0.39 is 17.7 Å². The lowest BCUT2D eigenvalue weighted by atomic mass is 10.0. The minimum absolute atomic E-state index is 0.0616. The quantitative estimate of drug-likeness (QED) is 0.805. The summed E-state index contributed by atoms with van der Waals surface area (Å²) in [6.45, 7) is 3.23. The van der Waals surface area contributed by atoms with Crippen LogP contribution in [0.5, 0.6) is 0 Å². The maximum atomic E-state index is 13.0. The van der Waals surface area contributed by atoms with Gasteiger partial charge in [-0.05, 0) is 25.5 Å². The molecule has 1 N–H and O–H groups in total. The highest BCUT2D eigenvalue weighted by Gasteiger charge is 2.35. The number of aromatic amines is 1. The second-order valence-electron chi connectivity index (χ2n) is 4.29. The number of carbonyl (C=O) groups is 1. The number of aryl methyl sites for hydroxylation is 2. The average molecular weight is 271 g/mol. The number of methoxy groups -OCH3 is 1. The number of esters is 1. The molecule has 1 aromatic heterocycles. The molecule has 0 saturated heterocycles. The fraction of sp³-hybridized carbons (Fsp3) is 0.308. The summed E-state index contributed by atoms with van der Waals surface area (Å²) in [5.41, 5.74) is 0.419. The van der Waals surface area contributed by atoms with Crippen LogP contribution < -0.4 is 0 Å². The fourth-order valence-electron chi connectivity index (χ4n) is 2.16. The van der Waals surface area contributed by atoms with E-state index >= 15 is 0 Å². The van der Waals surface area contributed by atoms with Gasteiger partial charge in [-0.1, -0.05) is 6.07 Å². The van der Waals surface area contributed by atoms with Crippen LogP contribution in [0.15, 0.2) is 12.1 Å². The minimum Gasteiger partial charge on any atom is -0.465 e. The Morgan fingerprint density at radius 3 is 2.42 bits per heavy atom. The van der Waals surface area contributed by atoms with Crippen molar-refractivity contribution in [1.82, 2.24) is 4.98 Å². The van der Waals surface area contributed by atoms with Crippen LogP contribution in [-0.4, -0.2) is 18.1 Å². The molecule has 0 fully saturated rings. The number of hydrogen-bond acceptors (Lipinski definition) is 2. The first-order valence-corrected chi connectivity index (χ1v) is 5.54. The number of rotatable bonds is 1. The van der Waals surface area contributed by atoms with E-state index in [2.05, 4.69) is 9.72 Å². The van der Waals surface area contributed by atoms with Gasteiger partial charge in [-0.25, -0.2) is 4.79 Å². The molecule has 19 heavy (non-hydrogen) atoms. The van der Waals surface area contributed by atoms with Crippen molar-refractivity contribution in [3.63, 3.8) is 0 Å². The monoisotopic (exact) mass is 271 g/mol. The fourth-order valence-corrected chi connectivity index (χ4v) is 2.16. The molecule has 0 spiro atoms. The zero-order valence-electron chi connectivity index (χ0n) is 10.6. The molecule has 0 saturated carbocycles. The largest absolute Gasteiger partial charge is 0.465 e. The van der Waals surface area contributed by atoms with Gasteiger partial charge in [0, 0.05) is 11.1 Å². The van der Waals surface area contributed by atoms with Crippen molar-refractivity contribution in [2.75, 3.05) is 7.11 Å². The number of halogens is 3. The Bertz CT molecular complexity index is 656. The SMILES string of the molecule is COC(=O)c1c(C)[nH]c2c(C)ccc(C(F)(F)F)c12. The second-order valence-corrected chi connectivity index (χ2v) is 4.29. The van der Waals surface area contributed by atoms with Gasteiger partial charge in [0.15, 0.2) is 0 Å². The highest BCUT2D eigenvalue weighted by molar-refractivity contribution is 6.07. The minimum atomic E-state index is -4.52. The van der Waals surface area contributed by atoms with E-state index in [9.17, 15) is 18.0 Å². The summed E-state index contributed by atoms with van der Waals surface area (Å²) in [7, 11) is 1.14. The lowest BCUT2D eigenvalue weighted by Gasteiger charge is -2.10. The number of H-pyrrole nitrogens is 1. The first-order valence-electron chi connectivity index (χ1n) is 5.54. The van der Waals surface area contributed by atoms with E-state index in [0.717, 1.165) is 13.2 Å². The summed E-state index contributed by atoms with van der Waals surface area (Å²) in [4.78, 5) is 14.5. The molecule has 0 aliphatic heterocycles. The van der Waals surface area contributed by atoms with Crippen LogP contribution in [0.3, 0.4) is 0 Å². The van der Waals surface area contributed by atoms with Crippen LogP contribution in [0.2, 0.25) is 0 Å². The molecule has 6 heteroatoms. The third-order valence-electron chi connectivity index (χ3n) is 3.05. The number of aromatic nitrogens is 1. The summed E-state index contributed by atoms with van der Waals surface area (Å²) >= 11 is 0. The zero-order chi connectivity index (χ0) is 14.4. The molecule has 0 amide bonds. The van der Waals surface area contributed by atoms with Crippen LogP contribution in [0.25, 0.3) is 10.9 Å². The number of alkyl halides is 3. The summed E-state index contributed by atoms with van der Waals surface area (Å²) in [5, 5.41) is -0.128. The van der Waals surface area contributed by atoms with Crippen molar-refractivity contribution >= 4 is 16.9 Å².